The summed E-state index contributed by atoms with van der Waals surface area (Å²) in [5, 5.41) is 11.3. The molecule has 0 unspecified atom stereocenters. The first-order valence-electron chi connectivity index (χ1n) is 3.13. The number of hydrogen-bond acceptors (Lipinski definition) is 6. The van der Waals surface area contributed by atoms with E-state index >= 15 is 0 Å². The van der Waals surface area contributed by atoms with Crippen LogP contribution >= 0.6 is 11.3 Å². The van der Waals surface area contributed by atoms with E-state index in [1.54, 1.807) is 0 Å². The highest BCUT2D eigenvalue weighted by Crippen LogP contribution is 2.34. The van der Waals surface area contributed by atoms with Gasteiger partial charge in [-0.2, -0.15) is 0 Å². The lowest BCUT2D eigenvalue weighted by Crippen LogP contribution is -1.99. The average molecular weight is 199 g/mol. The minimum Gasteiger partial charge on any atom is -0.385 e. The zero-order valence-corrected chi connectivity index (χ0v) is 6.79. The van der Waals surface area contributed by atoms with Crippen LogP contribution in [0.3, 0.4) is 0 Å². The van der Waals surface area contributed by atoms with Crippen molar-refractivity contribution in [3.05, 3.63) is 26.6 Å². The van der Waals surface area contributed by atoms with Gasteiger partial charge in [0.2, 0.25) is 0 Å². The Morgan fingerprint density at radius 2 is 2.08 bits per heavy atom. The summed E-state index contributed by atoms with van der Waals surface area (Å²) in [4.78, 5) is 31.4. The molecule has 66 valence electrons. The molecule has 0 fully saturated rings. The van der Waals surface area contributed by atoms with Crippen LogP contribution in [0.2, 0.25) is 0 Å². The molecule has 7 heteroatoms. The van der Waals surface area contributed by atoms with E-state index < -0.39 is 16.9 Å². The minimum absolute atomic E-state index is 0.0123. The molecule has 1 aromatic rings. The molecule has 0 N–H and O–H groups in total. The van der Waals surface area contributed by atoms with Gasteiger partial charge >= 0.3 is 16.9 Å². The van der Waals surface area contributed by atoms with Gasteiger partial charge < -0.3 is 4.74 Å². The van der Waals surface area contributed by atoms with Gasteiger partial charge in [0.1, 0.15) is 0 Å². The molecule has 1 aliphatic rings. The third-order valence-electron chi connectivity index (χ3n) is 1.55. The molecule has 1 aliphatic heterocycles. The maximum absolute atomic E-state index is 10.9. The van der Waals surface area contributed by atoms with E-state index in [0.29, 0.717) is 0 Å². The summed E-state index contributed by atoms with van der Waals surface area (Å²) in [5.41, 5.74) is -0.235. The summed E-state index contributed by atoms with van der Waals surface area (Å²) in [7, 11) is 0. The molecule has 6 nitrogen and oxygen atoms in total. The number of cyclic esters (lactones) is 2. The van der Waals surface area contributed by atoms with E-state index in [-0.39, 0.29) is 16.1 Å². The largest absolute Gasteiger partial charge is 0.385 e. The molecule has 0 bridgehead atoms. The van der Waals surface area contributed by atoms with Crippen molar-refractivity contribution in [3.8, 4) is 0 Å². The normalized spacial score (nSPS) is 14.2. The molecule has 0 aliphatic carbocycles. The van der Waals surface area contributed by atoms with Crippen LogP contribution in [0, 0.1) is 10.1 Å². The molecule has 0 atom stereocenters. The molecular weight excluding hydrogens is 198 g/mol. The number of ether oxygens (including phenoxy) is 1. The number of fused-ring (bicyclic) bond motifs is 1. The summed E-state index contributed by atoms with van der Waals surface area (Å²) < 4.78 is 4.19. The Morgan fingerprint density at radius 3 is 2.69 bits per heavy atom. The van der Waals surface area contributed by atoms with Gasteiger partial charge in [0, 0.05) is 5.38 Å². The third kappa shape index (κ3) is 0.937. The van der Waals surface area contributed by atoms with Crippen molar-refractivity contribution in [2.75, 3.05) is 0 Å². The van der Waals surface area contributed by atoms with E-state index in [2.05, 4.69) is 4.74 Å². The monoisotopic (exact) mass is 199 g/mol. The number of thiophene rings is 1. The lowest BCUT2D eigenvalue weighted by Gasteiger charge is -1.87. The van der Waals surface area contributed by atoms with E-state index in [4.69, 9.17) is 0 Å². The van der Waals surface area contributed by atoms with Gasteiger partial charge in [0.25, 0.3) is 0 Å². The SMILES string of the molecule is O=C1OC(=O)c2c1csc2[N+](=O)[O-]. The summed E-state index contributed by atoms with van der Waals surface area (Å²) in [6, 6.07) is 0. The Balaban J connectivity index is 2.67. The molecule has 0 amide bonds. The van der Waals surface area contributed by atoms with E-state index in [9.17, 15) is 19.7 Å². The van der Waals surface area contributed by atoms with Crippen molar-refractivity contribution in [1.29, 1.82) is 0 Å². The summed E-state index contributed by atoms with van der Waals surface area (Å²) >= 11 is 0.747. The number of carbonyl (C=O) groups excluding carboxylic acids is 2. The number of rotatable bonds is 1. The molecule has 13 heavy (non-hydrogen) atoms. The van der Waals surface area contributed by atoms with Crippen LogP contribution in [-0.2, 0) is 4.74 Å². The number of hydrogen-bond donors (Lipinski definition) is 0. The fourth-order valence-electron chi connectivity index (χ4n) is 1.02. The molecule has 2 heterocycles. The van der Waals surface area contributed by atoms with Gasteiger partial charge in [-0.15, -0.1) is 0 Å². The zero-order valence-electron chi connectivity index (χ0n) is 5.97. The number of nitrogens with zero attached hydrogens (tertiary/aromatic N) is 1. The highest BCUT2D eigenvalue weighted by Gasteiger charge is 2.39. The topological polar surface area (TPSA) is 86.5 Å². The number of carbonyl (C=O) groups is 2. The Kier molecular flexibility index (Phi) is 1.43. The minimum atomic E-state index is -0.937. The molecule has 2 rings (SSSR count). The Morgan fingerprint density at radius 1 is 1.38 bits per heavy atom. The Bertz CT molecular complexity index is 434. The maximum atomic E-state index is 10.9. The average Bonchev–Trinajstić information content (AvgIpc) is 2.55. The van der Waals surface area contributed by atoms with Crippen LogP contribution in [0.5, 0.6) is 0 Å². The highest BCUT2D eigenvalue weighted by molar-refractivity contribution is 7.14. The van der Waals surface area contributed by atoms with Gasteiger partial charge in [-0.3, -0.25) is 10.1 Å². The van der Waals surface area contributed by atoms with Crippen molar-refractivity contribution < 1.29 is 19.2 Å². The van der Waals surface area contributed by atoms with E-state index in [1.807, 2.05) is 0 Å². The lowest BCUT2D eigenvalue weighted by molar-refractivity contribution is -0.380. The molecule has 0 saturated heterocycles. The van der Waals surface area contributed by atoms with Crippen molar-refractivity contribution in [2.24, 2.45) is 0 Å². The number of esters is 2. The van der Waals surface area contributed by atoms with Crippen molar-refractivity contribution in [3.63, 3.8) is 0 Å². The van der Waals surface area contributed by atoms with Gasteiger partial charge in [0.15, 0.2) is 5.56 Å². The lowest BCUT2D eigenvalue weighted by atomic mass is 10.2. The summed E-state index contributed by atoms with van der Waals surface area (Å²) in [6.45, 7) is 0. The fourth-order valence-corrected chi connectivity index (χ4v) is 1.86. The first-order chi connectivity index (χ1) is 6.11. The first-order valence-corrected chi connectivity index (χ1v) is 4.01. The molecule has 0 radical (unpaired) electrons. The molecule has 0 aromatic carbocycles. The van der Waals surface area contributed by atoms with Crippen LogP contribution in [0.15, 0.2) is 5.38 Å². The van der Waals surface area contributed by atoms with Crippen LogP contribution < -0.4 is 0 Å². The van der Waals surface area contributed by atoms with Crippen LogP contribution in [-0.4, -0.2) is 16.9 Å². The third-order valence-corrected chi connectivity index (χ3v) is 2.48. The standard InChI is InChI=1S/C6HNO5S/c8-5-2-1-13-4(7(10)11)3(2)6(9)12-5/h1H. The Labute approximate surface area is 74.9 Å². The Hall–Kier alpha value is -1.76. The van der Waals surface area contributed by atoms with E-state index in [0.717, 1.165) is 11.3 Å². The van der Waals surface area contributed by atoms with Crippen LogP contribution in [0.4, 0.5) is 5.00 Å². The fraction of sp³-hybridized carbons (Fsp3) is 0. The van der Waals surface area contributed by atoms with Gasteiger partial charge in [-0.05, 0) is 0 Å². The van der Waals surface area contributed by atoms with Crippen molar-refractivity contribution in [2.45, 2.75) is 0 Å². The van der Waals surface area contributed by atoms with E-state index in [1.165, 1.54) is 5.38 Å². The molecule has 1 aromatic heterocycles. The molecule has 0 spiro atoms. The second kappa shape index (κ2) is 2.36. The van der Waals surface area contributed by atoms with Crippen LogP contribution in [0.1, 0.15) is 20.7 Å². The summed E-state index contributed by atoms with van der Waals surface area (Å²) in [5.74, 6) is -1.75. The highest BCUT2D eigenvalue weighted by atomic mass is 32.1. The van der Waals surface area contributed by atoms with Gasteiger partial charge in [0.05, 0.1) is 10.5 Å². The molecular formula is C6HNO5S. The zero-order chi connectivity index (χ0) is 9.59. The molecule has 0 saturated carbocycles. The number of nitro groups is 1. The maximum Gasteiger partial charge on any atom is 0.354 e. The second-order valence-corrected chi connectivity index (χ2v) is 3.12. The van der Waals surface area contributed by atoms with Crippen molar-refractivity contribution >= 4 is 28.3 Å². The first kappa shape index (κ1) is 7.87. The van der Waals surface area contributed by atoms with Gasteiger partial charge in [-0.1, -0.05) is 11.3 Å². The van der Waals surface area contributed by atoms with Gasteiger partial charge in [-0.25, -0.2) is 9.59 Å². The van der Waals surface area contributed by atoms with Crippen LogP contribution in [0.25, 0.3) is 0 Å². The van der Waals surface area contributed by atoms with Crippen molar-refractivity contribution in [1.82, 2.24) is 0 Å². The predicted octanol–water partition coefficient (Wildman–Crippen LogP) is 0.967. The second-order valence-electron chi connectivity index (χ2n) is 2.26. The summed E-state index contributed by atoms with van der Waals surface area (Å²) in [6.07, 6.45) is 0. The predicted molar refractivity (Wildman–Crippen MR) is 40.7 cm³/mol. The quantitative estimate of drug-likeness (QED) is 0.291. The smallest absolute Gasteiger partial charge is 0.354 e.